The van der Waals surface area contributed by atoms with Gasteiger partial charge in [0.25, 0.3) is 0 Å². The lowest BCUT2D eigenvalue weighted by molar-refractivity contribution is -0.114. The van der Waals surface area contributed by atoms with E-state index < -0.39 is 6.10 Å². The molecule has 0 amide bonds. The molecular formula is C15H20ClIO3. The Morgan fingerprint density at radius 3 is 2.85 bits per heavy atom. The van der Waals surface area contributed by atoms with E-state index in [1.165, 1.54) is 18.4 Å². The Hall–Kier alpha value is -0.330. The van der Waals surface area contributed by atoms with E-state index in [0.29, 0.717) is 18.6 Å². The van der Waals surface area contributed by atoms with E-state index in [9.17, 15) is 9.90 Å². The van der Waals surface area contributed by atoms with E-state index in [1.54, 1.807) is 12.1 Å². The average molecular weight is 411 g/mol. The number of carbonyl (C=O) groups excluding carboxylic acids is 1. The Morgan fingerprint density at radius 1 is 1.60 bits per heavy atom. The van der Waals surface area contributed by atoms with Crippen molar-refractivity contribution in [3.05, 3.63) is 36.3 Å². The van der Waals surface area contributed by atoms with Crippen LogP contribution in [0, 0.1) is 0 Å². The first kappa shape index (κ1) is 17.7. The molecule has 0 aliphatic carbocycles. The molecule has 0 saturated heterocycles. The first-order chi connectivity index (χ1) is 9.28. The van der Waals surface area contributed by atoms with Crippen LogP contribution >= 0.6 is 34.2 Å². The molecule has 0 bridgehead atoms. The zero-order valence-corrected chi connectivity index (χ0v) is 14.6. The monoisotopic (exact) mass is 410 g/mol. The van der Waals surface area contributed by atoms with Crippen LogP contribution in [-0.4, -0.2) is 19.7 Å². The molecule has 5 heteroatoms. The van der Waals surface area contributed by atoms with Crippen molar-refractivity contribution in [3.8, 4) is 0 Å². The summed E-state index contributed by atoms with van der Waals surface area (Å²) in [5.41, 5.74) is 0. The maximum atomic E-state index is 11.7. The van der Waals surface area contributed by atoms with Crippen molar-refractivity contribution in [2.45, 2.75) is 48.0 Å². The van der Waals surface area contributed by atoms with Crippen LogP contribution in [0.5, 0.6) is 0 Å². The van der Waals surface area contributed by atoms with Gasteiger partial charge in [0, 0.05) is 15.2 Å². The standard InChI is InChI=1S/C15H20ClIO3/c1-15(2,17)10-11(16)5-6-12(18)7-8-13(19)14-4-3-9-20-14/h3-4,7-9,11,13,19H,5-6,10H2,1-2H3/b8-7+/t11-,13?/m1/s1. The van der Waals surface area contributed by atoms with Crippen LogP contribution in [-0.2, 0) is 4.79 Å². The summed E-state index contributed by atoms with van der Waals surface area (Å²) in [6.07, 6.45) is 5.34. The number of carbonyl (C=O) groups is 1. The number of halogens is 2. The van der Waals surface area contributed by atoms with E-state index in [-0.39, 0.29) is 14.6 Å². The number of ketones is 1. The highest BCUT2D eigenvalue weighted by atomic mass is 127. The van der Waals surface area contributed by atoms with E-state index in [4.69, 9.17) is 16.0 Å². The van der Waals surface area contributed by atoms with Crippen molar-refractivity contribution in [1.29, 1.82) is 0 Å². The van der Waals surface area contributed by atoms with Crippen LogP contribution in [0.3, 0.4) is 0 Å². The van der Waals surface area contributed by atoms with Gasteiger partial charge >= 0.3 is 0 Å². The third-order valence-corrected chi connectivity index (χ3v) is 3.52. The molecular weight excluding hydrogens is 391 g/mol. The van der Waals surface area contributed by atoms with Gasteiger partial charge in [0.05, 0.1) is 6.26 Å². The SMILES string of the molecule is CC(C)(I)C[C@H](Cl)CCC(=O)/C=C/C(O)c1ccco1. The molecule has 0 radical (unpaired) electrons. The number of aliphatic hydroxyl groups is 1. The second-order valence-corrected chi connectivity index (χ2v) is 8.88. The molecule has 20 heavy (non-hydrogen) atoms. The van der Waals surface area contributed by atoms with Crippen molar-refractivity contribution >= 4 is 40.0 Å². The molecule has 3 nitrogen and oxygen atoms in total. The van der Waals surface area contributed by atoms with Crippen LogP contribution in [0.4, 0.5) is 0 Å². The fourth-order valence-electron chi connectivity index (χ4n) is 1.76. The van der Waals surface area contributed by atoms with Crippen molar-refractivity contribution in [2.75, 3.05) is 0 Å². The van der Waals surface area contributed by atoms with Crippen molar-refractivity contribution in [3.63, 3.8) is 0 Å². The Labute approximate surface area is 138 Å². The fourth-order valence-corrected chi connectivity index (χ4v) is 3.05. The Bertz CT molecular complexity index is 434. The molecule has 1 heterocycles. The summed E-state index contributed by atoms with van der Waals surface area (Å²) >= 11 is 8.56. The predicted molar refractivity (Wildman–Crippen MR) is 89.4 cm³/mol. The van der Waals surface area contributed by atoms with E-state index in [1.807, 2.05) is 0 Å². The number of hydrogen-bond donors (Lipinski definition) is 1. The molecule has 112 valence electrons. The summed E-state index contributed by atoms with van der Waals surface area (Å²) < 4.78 is 5.18. The Kier molecular flexibility index (Phi) is 7.26. The smallest absolute Gasteiger partial charge is 0.155 e. The van der Waals surface area contributed by atoms with Gasteiger partial charge < -0.3 is 9.52 Å². The lowest BCUT2D eigenvalue weighted by atomic mass is 10.0. The van der Waals surface area contributed by atoms with Crippen LogP contribution in [0.1, 0.15) is 45.0 Å². The minimum Gasteiger partial charge on any atom is -0.466 e. The minimum atomic E-state index is -0.881. The van der Waals surface area contributed by atoms with Gasteiger partial charge in [0.1, 0.15) is 11.9 Å². The molecule has 0 fully saturated rings. The van der Waals surface area contributed by atoms with Gasteiger partial charge in [0.15, 0.2) is 5.78 Å². The third-order valence-electron chi connectivity index (χ3n) is 2.71. The average Bonchev–Trinajstić information content (AvgIpc) is 2.85. The molecule has 0 aliphatic heterocycles. The quantitative estimate of drug-likeness (QED) is 0.392. The number of alkyl halides is 2. The number of rotatable bonds is 8. The van der Waals surface area contributed by atoms with Gasteiger partial charge in [-0.1, -0.05) is 36.4 Å². The normalized spacial score (nSPS) is 15.4. The van der Waals surface area contributed by atoms with Gasteiger partial charge in [-0.3, -0.25) is 4.79 Å². The largest absolute Gasteiger partial charge is 0.466 e. The molecule has 0 aliphatic rings. The van der Waals surface area contributed by atoms with Crippen molar-refractivity contribution < 1.29 is 14.3 Å². The highest BCUT2D eigenvalue weighted by molar-refractivity contribution is 14.1. The first-order valence-corrected chi connectivity index (χ1v) is 8.05. The van der Waals surface area contributed by atoms with E-state index in [2.05, 4.69) is 36.4 Å². The summed E-state index contributed by atoms with van der Waals surface area (Å²) in [5, 5.41) is 9.72. The zero-order chi connectivity index (χ0) is 15.2. The maximum absolute atomic E-state index is 11.7. The number of furan rings is 1. The van der Waals surface area contributed by atoms with Gasteiger partial charge in [0.2, 0.25) is 0 Å². The van der Waals surface area contributed by atoms with Crippen LogP contribution in [0.25, 0.3) is 0 Å². The second kappa shape index (κ2) is 8.20. The number of hydrogen-bond acceptors (Lipinski definition) is 3. The topological polar surface area (TPSA) is 50.4 Å². The van der Waals surface area contributed by atoms with Crippen LogP contribution in [0.15, 0.2) is 35.0 Å². The van der Waals surface area contributed by atoms with Gasteiger partial charge in [-0.05, 0) is 37.1 Å². The zero-order valence-electron chi connectivity index (χ0n) is 11.7. The third kappa shape index (κ3) is 7.45. The van der Waals surface area contributed by atoms with E-state index in [0.717, 1.165) is 6.42 Å². The molecule has 1 N–H and O–H groups in total. The van der Waals surface area contributed by atoms with Crippen LogP contribution < -0.4 is 0 Å². The van der Waals surface area contributed by atoms with Crippen LogP contribution in [0.2, 0.25) is 0 Å². The highest BCUT2D eigenvalue weighted by Gasteiger charge is 2.18. The second-order valence-electron chi connectivity index (χ2n) is 5.34. The highest BCUT2D eigenvalue weighted by Crippen LogP contribution is 2.27. The van der Waals surface area contributed by atoms with Gasteiger partial charge in [-0.15, -0.1) is 11.6 Å². The maximum Gasteiger partial charge on any atom is 0.155 e. The van der Waals surface area contributed by atoms with Gasteiger partial charge in [-0.25, -0.2) is 0 Å². The lowest BCUT2D eigenvalue weighted by Gasteiger charge is -2.19. The molecule has 0 saturated carbocycles. The minimum absolute atomic E-state index is 0.00533. The molecule has 1 rings (SSSR count). The van der Waals surface area contributed by atoms with Gasteiger partial charge in [-0.2, -0.15) is 0 Å². The molecule has 1 unspecified atom stereocenters. The van der Waals surface area contributed by atoms with Crippen molar-refractivity contribution in [1.82, 2.24) is 0 Å². The molecule has 0 aromatic carbocycles. The first-order valence-electron chi connectivity index (χ1n) is 6.53. The number of allylic oxidation sites excluding steroid dienone is 1. The summed E-state index contributed by atoms with van der Waals surface area (Å²) in [6.45, 7) is 4.23. The molecule has 0 spiro atoms. The molecule has 1 aromatic heterocycles. The number of aliphatic hydroxyl groups excluding tert-OH is 1. The predicted octanol–water partition coefficient (Wildman–Crippen LogP) is 4.43. The summed E-state index contributed by atoms with van der Waals surface area (Å²) in [7, 11) is 0. The lowest BCUT2D eigenvalue weighted by Crippen LogP contribution is -2.17. The Balaban J connectivity index is 2.33. The summed E-state index contributed by atoms with van der Waals surface area (Å²) in [5.74, 6) is 0.392. The van der Waals surface area contributed by atoms with E-state index >= 15 is 0 Å². The molecule has 2 atom stereocenters. The summed E-state index contributed by atoms with van der Waals surface area (Å²) in [4.78, 5) is 11.7. The summed E-state index contributed by atoms with van der Waals surface area (Å²) in [6, 6.07) is 3.36. The van der Waals surface area contributed by atoms with Crippen molar-refractivity contribution in [2.24, 2.45) is 0 Å². The molecule has 1 aromatic rings. The fraction of sp³-hybridized carbons (Fsp3) is 0.533. The Morgan fingerprint density at radius 2 is 2.30 bits per heavy atom.